The van der Waals surface area contributed by atoms with Crippen LogP contribution in [-0.4, -0.2) is 36.3 Å². The SMILES string of the molecule is O=C(OCc1ccccc1)N1CCC[C@H]1CCC[C@@H]1CO1. The van der Waals surface area contributed by atoms with Gasteiger partial charge < -0.3 is 14.4 Å². The van der Waals surface area contributed by atoms with Gasteiger partial charge in [0.05, 0.1) is 12.7 Å². The number of ether oxygens (including phenoxy) is 2. The normalized spacial score (nSPS) is 24.1. The summed E-state index contributed by atoms with van der Waals surface area (Å²) in [6.45, 7) is 2.12. The molecule has 2 saturated heterocycles. The molecule has 2 aliphatic rings. The Kier molecular flexibility index (Phi) is 4.76. The van der Waals surface area contributed by atoms with Gasteiger partial charge >= 0.3 is 6.09 Å². The van der Waals surface area contributed by atoms with Crippen LogP contribution in [0.4, 0.5) is 4.79 Å². The van der Waals surface area contributed by atoms with Crippen LogP contribution < -0.4 is 0 Å². The number of carbonyl (C=O) groups excluding carboxylic acids is 1. The van der Waals surface area contributed by atoms with E-state index in [0.717, 1.165) is 50.8 Å². The van der Waals surface area contributed by atoms with Gasteiger partial charge in [0.2, 0.25) is 0 Å². The second-order valence-corrected chi connectivity index (χ2v) is 5.92. The Morgan fingerprint density at radius 3 is 2.86 bits per heavy atom. The fourth-order valence-electron chi connectivity index (χ4n) is 2.99. The minimum Gasteiger partial charge on any atom is -0.445 e. The summed E-state index contributed by atoms with van der Waals surface area (Å²) in [6.07, 6.45) is 5.85. The Balaban J connectivity index is 1.43. The molecule has 2 atom stereocenters. The van der Waals surface area contributed by atoms with Gasteiger partial charge in [-0.25, -0.2) is 4.79 Å². The van der Waals surface area contributed by atoms with Crippen molar-refractivity contribution in [3.05, 3.63) is 35.9 Å². The lowest BCUT2D eigenvalue weighted by Crippen LogP contribution is -2.35. The molecule has 1 aromatic rings. The van der Waals surface area contributed by atoms with E-state index in [1.54, 1.807) is 0 Å². The van der Waals surface area contributed by atoms with Crippen molar-refractivity contribution in [2.45, 2.75) is 50.9 Å². The van der Waals surface area contributed by atoms with Crippen LogP contribution in [-0.2, 0) is 16.1 Å². The predicted molar refractivity (Wildman–Crippen MR) is 79.9 cm³/mol. The largest absolute Gasteiger partial charge is 0.445 e. The zero-order valence-corrected chi connectivity index (χ0v) is 12.4. The molecule has 0 saturated carbocycles. The lowest BCUT2D eigenvalue weighted by Gasteiger charge is -2.24. The fourth-order valence-corrected chi connectivity index (χ4v) is 2.99. The number of likely N-dealkylation sites (tertiary alicyclic amines) is 1. The molecule has 2 fully saturated rings. The molecule has 3 rings (SSSR count). The molecule has 21 heavy (non-hydrogen) atoms. The average molecular weight is 289 g/mol. The Morgan fingerprint density at radius 1 is 1.29 bits per heavy atom. The van der Waals surface area contributed by atoms with Gasteiger partial charge in [0.25, 0.3) is 0 Å². The van der Waals surface area contributed by atoms with E-state index in [9.17, 15) is 4.79 Å². The Hall–Kier alpha value is -1.55. The summed E-state index contributed by atoms with van der Waals surface area (Å²) in [6, 6.07) is 10.2. The molecule has 114 valence electrons. The monoisotopic (exact) mass is 289 g/mol. The minimum atomic E-state index is -0.163. The molecule has 2 heterocycles. The summed E-state index contributed by atoms with van der Waals surface area (Å²) in [4.78, 5) is 14.1. The van der Waals surface area contributed by atoms with Crippen LogP contribution in [0.15, 0.2) is 30.3 Å². The number of rotatable bonds is 6. The van der Waals surface area contributed by atoms with Crippen LogP contribution in [0.3, 0.4) is 0 Å². The molecule has 0 bridgehead atoms. The first-order valence-corrected chi connectivity index (χ1v) is 7.92. The van der Waals surface area contributed by atoms with E-state index in [-0.39, 0.29) is 6.09 Å². The van der Waals surface area contributed by atoms with Crippen molar-refractivity contribution in [3.63, 3.8) is 0 Å². The van der Waals surface area contributed by atoms with Crippen LogP contribution in [0.2, 0.25) is 0 Å². The number of carbonyl (C=O) groups is 1. The van der Waals surface area contributed by atoms with Gasteiger partial charge in [-0.15, -0.1) is 0 Å². The van der Waals surface area contributed by atoms with Crippen LogP contribution in [0.25, 0.3) is 0 Å². The fraction of sp³-hybridized carbons (Fsp3) is 0.588. The highest BCUT2D eigenvalue weighted by molar-refractivity contribution is 5.68. The molecule has 1 aromatic carbocycles. The first kappa shape index (κ1) is 14.4. The second kappa shape index (κ2) is 6.94. The smallest absolute Gasteiger partial charge is 0.410 e. The zero-order valence-electron chi connectivity index (χ0n) is 12.4. The molecule has 0 unspecified atom stereocenters. The van der Waals surface area contributed by atoms with Crippen LogP contribution in [0, 0.1) is 0 Å². The van der Waals surface area contributed by atoms with Gasteiger partial charge in [-0.2, -0.15) is 0 Å². The van der Waals surface area contributed by atoms with Crippen molar-refractivity contribution in [1.82, 2.24) is 4.90 Å². The van der Waals surface area contributed by atoms with Crippen LogP contribution in [0.1, 0.15) is 37.7 Å². The summed E-state index contributed by atoms with van der Waals surface area (Å²) in [5.74, 6) is 0. The summed E-state index contributed by atoms with van der Waals surface area (Å²) >= 11 is 0. The van der Waals surface area contributed by atoms with Crippen molar-refractivity contribution < 1.29 is 14.3 Å². The van der Waals surface area contributed by atoms with Gasteiger partial charge in [0.1, 0.15) is 6.61 Å². The van der Waals surface area contributed by atoms with Crippen LogP contribution >= 0.6 is 0 Å². The van der Waals surface area contributed by atoms with E-state index in [0.29, 0.717) is 18.8 Å². The minimum absolute atomic E-state index is 0.163. The Bertz CT molecular complexity index is 458. The second-order valence-electron chi connectivity index (χ2n) is 5.92. The van der Waals surface area contributed by atoms with E-state index in [4.69, 9.17) is 9.47 Å². The molecule has 1 amide bonds. The van der Waals surface area contributed by atoms with E-state index < -0.39 is 0 Å². The van der Waals surface area contributed by atoms with Crippen molar-refractivity contribution in [2.24, 2.45) is 0 Å². The van der Waals surface area contributed by atoms with Crippen molar-refractivity contribution in [1.29, 1.82) is 0 Å². The summed E-state index contributed by atoms with van der Waals surface area (Å²) < 4.78 is 10.7. The van der Waals surface area contributed by atoms with Gasteiger partial charge in [-0.05, 0) is 37.7 Å². The molecule has 4 heteroatoms. The van der Waals surface area contributed by atoms with Crippen molar-refractivity contribution in [2.75, 3.05) is 13.2 Å². The molecule has 4 nitrogen and oxygen atoms in total. The molecule has 0 spiro atoms. The average Bonchev–Trinajstić information content (AvgIpc) is 3.22. The highest BCUT2D eigenvalue weighted by atomic mass is 16.6. The maximum atomic E-state index is 12.2. The van der Waals surface area contributed by atoms with E-state index in [2.05, 4.69) is 0 Å². The highest BCUT2D eigenvalue weighted by Crippen LogP contribution is 2.25. The highest BCUT2D eigenvalue weighted by Gasteiger charge is 2.30. The predicted octanol–water partition coefficient (Wildman–Crippen LogP) is 3.36. The third kappa shape index (κ3) is 4.21. The van der Waals surface area contributed by atoms with Crippen LogP contribution in [0.5, 0.6) is 0 Å². The first-order valence-electron chi connectivity index (χ1n) is 7.92. The topological polar surface area (TPSA) is 42.1 Å². The third-order valence-electron chi connectivity index (χ3n) is 4.28. The van der Waals surface area contributed by atoms with Gasteiger partial charge in [-0.1, -0.05) is 30.3 Å². The molecule has 0 aliphatic carbocycles. The molecule has 0 aromatic heterocycles. The number of hydrogen-bond donors (Lipinski definition) is 0. The number of benzene rings is 1. The van der Waals surface area contributed by atoms with E-state index in [1.807, 2.05) is 35.2 Å². The Morgan fingerprint density at radius 2 is 2.10 bits per heavy atom. The number of nitrogens with zero attached hydrogens (tertiary/aromatic N) is 1. The zero-order chi connectivity index (χ0) is 14.5. The molecule has 0 radical (unpaired) electrons. The lowest BCUT2D eigenvalue weighted by molar-refractivity contribution is 0.0903. The first-order chi connectivity index (χ1) is 10.3. The molecular formula is C17H23NO3. The maximum absolute atomic E-state index is 12.2. The summed E-state index contributed by atoms with van der Waals surface area (Å²) in [5, 5.41) is 0. The Labute approximate surface area is 126 Å². The lowest BCUT2D eigenvalue weighted by atomic mass is 10.1. The van der Waals surface area contributed by atoms with E-state index in [1.165, 1.54) is 0 Å². The number of epoxide rings is 1. The molecule has 2 aliphatic heterocycles. The van der Waals surface area contributed by atoms with E-state index >= 15 is 0 Å². The molecule has 0 N–H and O–H groups in total. The standard InChI is InChI=1S/C17H23NO3/c19-17(21-12-14-6-2-1-3-7-14)18-11-5-9-15(18)8-4-10-16-13-20-16/h1-3,6-7,15-16H,4-5,8-13H2/t15-,16-/m1/s1. The van der Waals surface area contributed by atoms with Crippen molar-refractivity contribution in [3.8, 4) is 0 Å². The van der Waals surface area contributed by atoms with Crippen molar-refractivity contribution >= 4 is 6.09 Å². The quantitative estimate of drug-likeness (QED) is 0.754. The number of hydrogen-bond acceptors (Lipinski definition) is 3. The number of amides is 1. The van der Waals surface area contributed by atoms with Gasteiger partial charge in [-0.3, -0.25) is 0 Å². The summed E-state index contributed by atoms with van der Waals surface area (Å²) in [5.41, 5.74) is 1.03. The summed E-state index contributed by atoms with van der Waals surface area (Å²) in [7, 11) is 0. The molecular weight excluding hydrogens is 266 g/mol. The van der Waals surface area contributed by atoms with Gasteiger partial charge in [0.15, 0.2) is 0 Å². The third-order valence-corrected chi connectivity index (χ3v) is 4.28. The van der Waals surface area contributed by atoms with Gasteiger partial charge in [0, 0.05) is 12.6 Å². The maximum Gasteiger partial charge on any atom is 0.410 e.